The Balaban J connectivity index is 1.83. The van der Waals surface area contributed by atoms with Gasteiger partial charge >= 0.3 is 5.76 Å². The largest absolute Gasteiger partial charge is 0.485 e. The summed E-state index contributed by atoms with van der Waals surface area (Å²) in [6.45, 7) is 3.75. The number of nitrogens with one attached hydrogen (secondary N) is 1. The zero-order valence-corrected chi connectivity index (χ0v) is 16.7. The van der Waals surface area contributed by atoms with Gasteiger partial charge in [-0.2, -0.15) is 0 Å². The Morgan fingerprint density at radius 3 is 2.46 bits per heavy atom. The SMILES string of the molecule is CC(C)c1cc(Oc2c(Cl)cc(OCc3noc(=O)[nH]3)cc2Cl)nn(C)c1=O. The van der Waals surface area contributed by atoms with E-state index in [4.69, 9.17) is 32.7 Å². The molecule has 1 N–H and O–H groups in total. The first-order valence-corrected chi connectivity index (χ1v) is 8.93. The van der Waals surface area contributed by atoms with Crippen LogP contribution >= 0.6 is 23.2 Å². The van der Waals surface area contributed by atoms with Gasteiger partial charge in [-0.1, -0.05) is 42.2 Å². The summed E-state index contributed by atoms with van der Waals surface area (Å²) < 4.78 is 16.8. The van der Waals surface area contributed by atoms with E-state index >= 15 is 0 Å². The summed E-state index contributed by atoms with van der Waals surface area (Å²) in [7, 11) is 1.54. The molecule has 0 saturated heterocycles. The van der Waals surface area contributed by atoms with Crippen molar-refractivity contribution in [2.45, 2.75) is 26.4 Å². The molecule has 0 aliphatic carbocycles. The lowest BCUT2D eigenvalue weighted by atomic mass is 10.1. The molecule has 2 heterocycles. The Labute approximate surface area is 168 Å². The topological polar surface area (TPSA) is 112 Å². The van der Waals surface area contributed by atoms with Crippen molar-refractivity contribution in [2.24, 2.45) is 7.05 Å². The van der Waals surface area contributed by atoms with E-state index in [1.165, 1.54) is 23.9 Å². The molecule has 2 aromatic heterocycles. The second kappa shape index (κ2) is 8.07. The maximum atomic E-state index is 12.1. The molecule has 3 aromatic rings. The number of rotatable bonds is 6. The predicted molar refractivity (Wildman–Crippen MR) is 102 cm³/mol. The van der Waals surface area contributed by atoms with Crippen molar-refractivity contribution < 1.29 is 14.0 Å². The molecule has 0 aliphatic rings. The number of benzene rings is 1. The normalized spacial score (nSPS) is 11.1. The number of aromatic nitrogens is 4. The number of ether oxygens (including phenoxy) is 2. The molecule has 0 amide bonds. The molecule has 11 heteroatoms. The lowest BCUT2D eigenvalue weighted by molar-refractivity contribution is 0.285. The van der Waals surface area contributed by atoms with E-state index in [1.54, 1.807) is 6.07 Å². The van der Waals surface area contributed by atoms with Crippen molar-refractivity contribution in [3.8, 4) is 17.4 Å². The molecule has 1 aromatic carbocycles. The monoisotopic (exact) mass is 426 g/mol. The van der Waals surface area contributed by atoms with Gasteiger partial charge in [-0.3, -0.25) is 14.3 Å². The van der Waals surface area contributed by atoms with Crippen molar-refractivity contribution >= 4 is 23.2 Å². The third kappa shape index (κ3) is 4.37. The van der Waals surface area contributed by atoms with Crippen LogP contribution in [0.1, 0.15) is 31.2 Å². The van der Waals surface area contributed by atoms with Crippen LogP contribution in [0.4, 0.5) is 0 Å². The molecular weight excluding hydrogens is 411 g/mol. The quantitative estimate of drug-likeness (QED) is 0.643. The molecule has 0 atom stereocenters. The Hall–Kier alpha value is -2.78. The smallest absolute Gasteiger partial charge is 0.439 e. The Morgan fingerprint density at radius 2 is 1.89 bits per heavy atom. The highest BCUT2D eigenvalue weighted by Gasteiger charge is 2.16. The maximum absolute atomic E-state index is 12.1. The molecule has 0 radical (unpaired) electrons. The van der Waals surface area contributed by atoms with Gasteiger partial charge < -0.3 is 9.47 Å². The van der Waals surface area contributed by atoms with E-state index in [1.807, 2.05) is 13.8 Å². The average Bonchev–Trinajstić information content (AvgIpc) is 3.04. The minimum absolute atomic E-state index is 0.00579. The van der Waals surface area contributed by atoms with Gasteiger partial charge in [0, 0.05) is 30.8 Å². The highest BCUT2D eigenvalue weighted by Crippen LogP contribution is 2.39. The van der Waals surface area contributed by atoms with Crippen LogP contribution < -0.4 is 20.8 Å². The number of hydrogen-bond acceptors (Lipinski definition) is 7. The minimum atomic E-state index is -0.677. The van der Waals surface area contributed by atoms with E-state index in [2.05, 4.69) is 19.8 Å². The summed E-state index contributed by atoms with van der Waals surface area (Å²) in [6.07, 6.45) is 0. The second-order valence-electron chi connectivity index (χ2n) is 6.17. The molecule has 9 nitrogen and oxygen atoms in total. The van der Waals surface area contributed by atoms with Crippen molar-refractivity contribution in [1.82, 2.24) is 19.9 Å². The van der Waals surface area contributed by atoms with Crippen LogP contribution in [-0.4, -0.2) is 19.9 Å². The van der Waals surface area contributed by atoms with Gasteiger partial charge in [0.15, 0.2) is 11.6 Å². The molecule has 0 saturated carbocycles. The maximum Gasteiger partial charge on any atom is 0.439 e. The van der Waals surface area contributed by atoms with Crippen LogP contribution in [0, 0.1) is 0 Å². The minimum Gasteiger partial charge on any atom is -0.485 e. The Bertz CT molecular complexity index is 1100. The molecule has 0 bridgehead atoms. The number of aryl methyl sites for hydroxylation is 1. The fourth-order valence-electron chi connectivity index (χ4n) is 2.36. The fourth-order valence-corrected chi connectivity index (χ4v) is 2.91. The Kier molecular flexibility index (Phi) is 5.76. The second-order valence-corrected chi connectivity index (χ2v) is 6.98. The van der Waals surface area contributed by atoms with Crippen LogP contribution in [0.25, 0.3) is 0 Å². The first-order valence-electron chi connectivity index (χ1n) is 8.17. The van der Waals surface area contributed by atoms with Gasteiger partial charge in [0.25, 0.3) is 5.56 Å². The molecule has 0 fully saturated rings. The molecule has 148 valence electrons. The van der Waals surface area contributed by atoms with Crippen molar-refractivity contribution in [3.63, 3.8) is 0 Å². The van der Waals surface area contributed by atoms with Gasteiger partial charge in [-0.05, 0) is 5.92 Å². The summed E-state index contributed by atoms with van der Waals surface area (Å²) in [6, 6.07) is 4.55. The number of hydrogen-bond donors (Lipinski definition) is 1. The van der Waals surface area contributed by atoms with E-state index in [0.29, 0.717) is 11.3 Å². The van der Waals surface area contributed by atoms with E-state index in [0.717, 1.165) is 0 Å². The van der Waals surface area contributed by atoms with Gasteiger partial charge in [-0.25, -0.2) is 9.48 Å². The number of halogens is 2. The van der Waals surface area contributed by atoms with Crippen LogP contribution in [0.5, 0.6) is 17.4 Å². The van der Waals surface area contributed by atoms with Crippen LogP contribution in [0.2, 0.25) is 10.0 Å². The zero-order chi connectivity index (χ0) is 20.4. The third-order valence-corrected chi connectivity index (χ3v) is 4.29. The number of nitrogens with zero attached hydrogens (tertiary/aromatic N) is 3. The lowest BCUT2D eigenvalue weighted by Gasteiger charge is -2.13. The van der Waals surface area contributed by atoms with Crippen molar-refractivity contribution in [2.75, 3.05) is 0 Å². The predicted octanol–water partition coefficient (Wildman–Crippen LogP) is 3.26. The van der Waals surface area contributed by atoms with Crippen LogP contribution in [0.3, 0.4) is 0 Å². The number of aromatic amines is 1. The highest BCUT2D eigenvalue weighted by atomic mass is 35.5. The summed E-state index contributed by atoms with van der Waals surface area (Å²) in [4.78, 5) is 25.4. The molecular formula is C17H16Cl2N4O5. The first-order chi connectivity index (χ1) is 13.2. The standard InChI is InChI=1S/C17H16Cl2N4O5/c1-8(2)10-6-14(21-23(3)16(10)24)27-15-11(18)4-9(5-12(15)19)26-7-13-20-17(25)28-22-13/h4-6,8H,7H2,1-3H3,(H,20,22,25). The summed E-state index contributed by atoms with van der Waals surface area (Å²) in [5, 5.41) is 7.92. The molecule has 28 heavy (non-hydrogen) atoms. The van der Waals surface area contributed by atoms with Crippen molar-refractivity contribution in [1.29, 1.82) is 0 Å². The van der Waals surface area contributed by atoms with Gasteiger partial charge in [-0.15, -0.1) is 5.10 Å². The zero-order valence-electron chi connectivity index (χ0n) is 15.2. The summed E-state index contributed by atoms with van der Waals surface area (Å²) in [5.74, 6) is 0.225. The molecule has 3 rings (SSSR count). The highest BCUT2D eigenvalue weighted by molar-refractivity contribution is 6.37. The Morgan fingerprint density at radius 1 is 1.21 bits per heavy atom. The summed E-state index contributed by atoms with van der Waals surface area (Å²) in [5.41, 5.74) is 0.357. The average molecular weight is 427 g/mol. The van der Waals surface area contributed by atoms with Crippen molar-refractivity contribution in [3.05, 3.63) is 60.5 Å². The fraction of sp³-hybridized carbons (Fsp3) is 0.294. The van der Waals surface area contributed by atoms with Gasteiger partial charge in [0.2, 0.25) is 5.88 Å². The first kappa shape index (κ1) is 20.0. The van der Waals surface area contributed by atoms with Gasteiger partial charge in [0.05, 0.1) is 10.0 Å². The lowest BCUT2D eigenvalue weighted by Crippen LogP contribution is -2.24. The van der Waals surface area contributed by atoms with E-state index in [-0.39, 0.29) is 45.6 Å². The van der Waals surface area contributed by atoms with Crippen LogP contribution in [0.15, 0.2) is 32.3 Å². The molecule has 0 aliphatic heterocycles. The van der Waals surface area contributed by atoms with E-state index in [9.17, 15) is 9.59 Å². The van der Waals surface area contributed by atoms with Crippen LogP contribution in [-0.2, 0) is 13.7 Å². The molecule has 0 unspecified atom stereocenters. The number of H-pyrrole nitrogens is 1. The molecule has 0 spiro atoms. The van der Waals surface area contributed by atoms with E-state index < -0.39 is 5.76 Å². The third-order valence-electron chi connectivity index (χ3n) is 3.73. The van der Waals surface area contributed by atoms with Gasteiger partial charge in [0.1, 0.15) is 12.4 Å². The summed E-state index contributed by atoms with van der Waals surface area (Å²) >= 11 is 12.5.